The lowest BCUT2D eigenvalue weighted by Crippen LogP contribution is -2.58. The molecule has 0 aliphatic carbocycles. The number of hydrogen-bond acceptors (Lipinski definition) is 5. The van der Waals surface area contributed by atoms with Crippen LogP contribution < -0.4 is 0 Å². The van der Waals surface area contributed by atoms with Crippen molar-refractivity contribution in [2.75, 3.05) is 19.7 Å². The Kier molecular flexibility index (Phi) is 6.84. The monoisotopic (exact) mass is 341 g/mol. The van der Waals surface area contributed by atoms with Gasteiger partial charge < -0.3 is 19.5 Å². The zero-order valence-corrected chi connectivity index (χ0v) is 15.7. The van der Waals surface area contributed by atoms with Crippen LogP contribution in [0.4, 0.5) is 4.79 Å². The summed E-state index contributed by atoms with van der Waals surface area (Å²) in [5.74, 6) is -0.469. The Balaban J connectivity index is 3.07. The first-order chi connectivity index (χ1) is 11.0. The van der Waals surface area contributed by atoms with Gasteiger partial charge in [-0.2, -0.15) is 0 Å². The number of amides is 1. The Bertz CT molecular complexity index is 490. The number of allylic oxidation sites excluding steroid dienone is 2. The van der Waals surface area contributed by atoms with Crippen molar-refractivity contribution in [1.82, 2.24) is 4.90 Å². The van der Waals surface area contributed by atoms with Gasteiger partial charge in [0, 0.05) is 13.1 Å². The molecule has 1 amide bonds. The number of esters is 1. The molecular formula is C18H31NO5. The maximum atomic E-state index is 12.6. The Morgan fingerprint density at radius 2 is 1.96 bits per heavy atom. The van der Waals surface area contributed by atoms with Crippen LogP contribution >= 0.6 is 0 Å². The van der Waals surface area contributed by atoms with Gasteiger partial charge in [0.2, 0.25) is 0 Å². The number of ether oxygens (including phenoxy) is 2. The first-order valence-electron chi connectivity index (χ1n) is 8.48. The van der Waals surface area contributed by atoms with Gasteiger partial charge in [0.05, 0.1) is 12.7 Å². The minimum absolute atomic E-state index is 0.0890. The van der Waals surface area contributed by atoms with Crippen LogP contribution in [0.15, 0.2) is 11.6 Å². The van der Waals surface area contributed by atoms with Crippen LogP contribution in [0, 0.1) is 5.41 Å². The van der Waals surface area contributed by atoms with Crippen molar-refractivity contribution in [1.29, 1.82) is 0 Å². The highest BCUT2D eigenvalue weighted by Gasteiger charge is 2.50. The van der Waals surface area contributed by atoms with Gasteiger partial charge in [-0.05, 0) is 54.4 Å². The van der Waals surface area contributed by atoms with Crippen LogP contribution in [-0.4, -0.2) is 53.5 Å². The molecule has 6 heteroatoms. The summed E-state index contributed by atoms with van der Waals surface area (Å²) >= 11 is 0. The third-order valence-corrected chi connectivity index (χ3v) is 3.99. The van der Waals surface area contributed by atoms with Gasteiger partial charge in [-0.15, -0.1) is 0 Å². The minimum atomic E-state index is -1.15. The molecule has 1 rings (SSSR count). The second-order valence-corrected chi connectivity index (χ2v) is 7.57. The molecule has 0 spiro atoms. The zero-order chi connectivity index (χ0) is 18.5. The van der Waals surface area contributed by atoms with E-state index in [9.17, 15) is 14.7 Å². The molecular weight excluding hydrogens is 310 g/mol. The largest absolute Gasteiger partial charge is 0.465 e. The molecule has 0 unspecified atom stereocenters. The quantitative estimate of drug-likeness (QED) is 0.628. The average molecular weight is 341 g/mol. The van der Waals surface area contributed by atoms with Crippen LogP contribution in [0.25, 0.3) is 0 Å². The van der Waals surface area contributed by atoms with E-state index in [1.807, 2.05) is 19.9 Å². The van der Waals surface area contributed by atoms with Crippen molar-refractivity contribution < 1.29 is 24.2 Å². The van der Waals surface area contributed by atoms with Gasteiger partial charge in [0.1, 0.15) is 11.0 Å². The predicted octanol–water partition coefficient (Wildman–Crippen LogP) is 2.89. The molecule has 0 aromatic carbocycles. The molecule has 1 aliphatic heterocycles. The molecule has 138 valence electrons. The standard InChI is InChI=1S/C18H31NO5/c1-7-23-15(21)18(10-8-13(2)3)12-19(11-9-14(18)20)16(22)24-17(4,5)6/h8,14,20H,7,9-12H2,1-6H3/t14-,18+/m0/s1. The number of aliphatic hydroxyl groups excluding tert-OH is 1. The smallest absolute Gasteiger partial charge is 0.410 e. The number of aliphatic hydroxyl groups is 1. The Morgan fingerprint density at radius 3 is 2.46 bits per heavy atom. The normalized spacial score (nSPS) is 24.3. The Morgan fingerprint density at radius 1 is 1.33 bits per heavy atom. The van der Waals surface area contributed by atoms with Gasteiger partial charge >= 0.3 is 12.1 Å². The van der Waals surface area contributed by atoms with Crippen LogP contribution in [0.5, 0.6) is 0 Å². The number of carbonyl (C=O) groups is 2. The van der Waals surface area contributed by atoms with E-state index in [2.05, 4.69) is 0 Å². The number of piperidine rings is 1. The third-order valence-electron chi connectivity index (χ3n) is 3.99. The lowest BCUT2D eigenvalue weighted by molar-refractivity contribution is -0.168. The third kappa shape index (κ3) is 5.23. The maximum absolute atomic E-state index is 12.6. The van der Waals surface area contributed by atoms with Crippen LogP contribution in [0.1, 0.15) is 54.4 Å². The summed E-state index contributed by atoms with van der Waals surface area (Å²) in [6.45, 7) is 11.7. The van der Waals surface area contributed by atoms with Gasteiger partial charge in [-0.25, -0.2) is 4.79 Å². The summed E-state index contributed by atoms with van der Waals surface area (Å²) in [6, 6.07) is 0. The van der Waals surface area contributed by atoms with Crippen LogP contribution in [-0.2, 0) is 14.3 Å². The zero-order valence-electron chi connectivity index (χ0n) is 15.7. The number of rotatable bonds is 4. The summed E-state index contributed by atoms with van der Waals surface area (Å²) < 4.78 is 10.6. The first kappa shape index (κ1) is 20.5. The molecule has 0 radical (unpaired) electrons. The van der Waals surface area contributed by atoms with Crippen molar-refractivity contribution in [3.63, 3.8) is 0 Å². The van der Waals surface area contributed by atoms with E-state index < -0.39 is 29.2 Å². The molecule has 6 nitrogen and oxygen atoms in total. The van der Waals surface area contributed by atoms with E-state index in [0.29, 0.717) is 19.4 Å². The molecule has 2 atom stereocenters. The van der Waals surface area contributed by atoms with Gasteiger partial charge in [0.25, 0.3) is 0 Å². The Hall–Kier alpha value is -1.56. The summed E-state index contributed by atoms with van der Waals surface area (Å²) in [7, 11) is 0. The summed E-state index contributed by atoms with van der Waals surface area (Å²) in [6.07, 6.45) is 1.22. The number of carbonyl (C=O) groups excluding carboxylic acids is 2. The molecule has 1 saturated heterocycles. The lowest BCUT2D eigenvalue weighted by atomic mass is 9.74. The number of nitrogens with zero attached hydrogens (tertiary/aromatic N) is 1. The topological polar surface area (TPSA) is 76.1 Å². The van der Waals surface area contributed by atoms with Gasteiger partial charge in [-0.1, -0.05) is 11.6 Å². The average Bonchev–Trinajstić information content (AvgIpc) is 2.44. The van der Waals surface area contributed by atoms with Crippen LogP contribution in [0.3, 0.4) is 0 Å². The van der Waals surface area contributed by atoms with E-state index in [4.69, 9.17) is 9.47 Å². The van der Waals surface area contributed by atoms with E-state index in [1.165, 1.54) is 4.90 Å². The van der Waals surface area contributed by atoms with Gasteiger partial charge in [0.15, 0.2) is 0 Å². The van der Waals surface area contributed by atoms with E-state index in [1.54, 1.807) is 27.7 Å². The van der Waals surface area contributed by atoms with Crippen molar-refractivity contribution in [3.8, 4) is 0 Å². The minimum Gasteiger partial charge on any atom is -0.465 e. The lowest BCUT2D eigenvalue weighted by Gasteiger charge is -2.43. The summed E-state index contributed by atoms with van der Waals surface area (Å²) in [5.41, 5.74) is -0.720. The molecule has 24 heavy (non-hydrogen) atoms. The van der Waals surface area contributed by atoms with E-state index >= 15 is 0 Å². The molecule has 0 saturated carbocycles. The Labute approximate surface area is 144 Å². The maximum Gasteiger partial charge on any atom is 0.410 e. The highest BCUT2D eigenvalue weighted by molar-refractivity contribution is 5.80. The second-order valence-electron chi connectivity index (χ2n) is 7.57. The van der Waals surface area contributed by atoms with Gasteiger partial charge in [-0.3, -0.25) is 4.79 Å². The fourth-order valence-corrected chi connectivity index (χ4v) is 2.71. The summed E-state index contributed by atoms with van der Waals surface area (Å²) in [5, 5.41) is 10.6. The molecule has 0 aromatic heterocycles. The van der Waals surface area contributed by atoms with E-state index in [0.717, 1.165) is 5.57 Å². The number of likely N-dealkylation sites (tertiary alicyclic amines) is 1. The SMILES string of the molecule is CCOC(=O)[C@]1(CC=C(C)C)CN(C(=O)OC(C)(C)C)CC[C@@H]1O. The second kappa shape index (κ2) is 8.01. The molecule has 1 fully saturated rings. The van der Waals surface area contributed by atoms with Crippen LogP contribution in [0.2, 0.25) is 0 Å². The summed E-state index contributed by atoms with van der Waals surface area (Å²) in [4.78, 5) is 26.5. The number of hydrogen-bond donors (Lipinski definition) is 1. The van der Waals surface area contributed by atoms with E-state index in [-0.39, 0.29) is 13.2 Å². The molecule has 0 aromatic rings. The van der Waals surface area contributed by atoms with Crippen molar-refractivity contribution >= 4 is 12.1 Å². The fraction of sp³-hybridized carbons (Fsp3) is 0.778. The highest BCUT2D eigenvalue weighted by Crippen LogP contribution is 2.37. The predicted molar refractivity (Wildman–Crippen MR) is 91.5 cm³/mol. The van der Waals surface area contributed by atoms with Crippen molar-refractivity contribution in [2.24, 2.45) is 5.41 Å². The van der Waals surface area contributed by atoms with Crippen molar-refractivity contribution in [2.45, 2.75) is 66.1 Å². The van der Waals surface area contributed by atoms with Crippen molar-refractivity contribution in [3.05, 3.63) is 11.6 Å². The molecule has 0 bridgehead atoms. The first-order valence-corrected chi connectivity index (χ1v) is 8.48. The highest BCUT2D eigenvalue weighted by atomic mass is 16.6. The molecule has 1 heterocycles. The molecule has 1 aliphatic rings. The fourth-order valence-electron chi connectivity index (χ4n) is 2.71. The molecule has 1 N–H and O–H groups in total.